The molecule has 1 amide bonds. The van der Waals surface area contributed by atoms with E-state index in [9.17, 15) is 4.79 Å². The molecule has 4 heteroatoms. The largest absolute Gasteiger partial charge is 0.399 e. The fraction of sp³-hybridized carbons (Fsp3) is 0.462. The van der Waals surface area contributed by atoms with E-state index in [0.717, 1.165) is 24.5 Å². The Morgan fingerprint density at radius 2 is 1.82 bits per heavy atom. The molecular formula is C13H21N3O. The van der Waals surface area contributed by atoms with Crippen molar-refractivity contribution in [2.75, 3.05) is 30.7 Å². The molecule has 0 atom stereocenters. The van der Waals surface area contributed by atoms with Gasteiger partial charge in [-0.1, -0.05) is 0 Å². The monoisotopic (exact) mass is 235 g/mol. The van der Waals surface area contributed by atoms with Gasteiger partial charge in [0, 0.05) is 37.4 Å². The number of hydrogen-bond donors (Lipinski definition) is 2. The predicted molar refractivity (Wildman–Crippen MR) is 71.9 cm³/mol. The lowest BCUT2D eigenvalue weighted by Crippen LogP contribution is -2.31. The molecule has 1 aromatic carbocycles. The first-order chi connectivity index (χ1) is 8.17. The highest BCUT2D eigenvalue weighted by Crippen LogP contribution is 2.10. The van der Waals surface area contributed by atoms with Gasteiger partial charge in [0.15, 0.2) is 0 Å². The van der Waals surface area contributed by atoms with Crippen LogP contribution >= 0.6 is 0 Å². The van der Waals surface area contributed by atoms with Gasteiger partial charge < -0.3 is 16.0 Å². The van der Waals surface area contributed by atoms with Crippen LogP contribution in [0.4, 0.5) is 11.4 Å². The van der Waals surface area contributed by atoms with Gasteiger partial charge in [0.2, 0.25) is 5.91 Å². The molecule has 1 rings (SSSR count). The fourth-order valence-corrected chi connectivity index (χ4v) is 1.65. The number of rotatable bonds is 6. The zero-order valence-electron chi connectivity index (χ0n) is 10.6. The summed E-state index contributed by atoms with van der Waals surface area (Å²) >= 11 is 0. The van der Waals surface area contributed by atoms with Crippen LogP contribution in [0.2, 0.25) is 0 Å². The normalized spacial score (nSPS) is 10.0. The highest BCUT2D eigenvalue weighted by molar-refractivity contribution is 5.76. The molecule has 0 aliphatic rings. The summed E-state index contributed by atoms with van der Waals surface area (Å²) in [5.74, 6) is 0.193. The number of nitrogen functional groups attached to an aromatic ring is 1. The molecule has 17 heavy (non-hydrogen) atoms. The van der Waals surface area contributed by atoms with Crippen LogP contribution in [-0.4, -0.2) is 30.4 Å². The Kier molecular flexibility index (Phi) is 5.33. The molecule has 0 unspecified atom stereocenters. The number of amides is 1. The van der Waals surface area contributed by atoms with E-state index in [2.05, 4.69) is 5.32 Å². The number of benzene rings is 1. The van der Waals surface area contributed by atoms with Crippen LogP contribution in [0.15, 0.2) is 24.3 Å². The van der Waals surface area contributed by atoms with Crippen LogP contribution in [-0.2, 0) is 4.79 Å². The van der Waals surface area contributed by atoms with Gasteiger partial charge in [-0.05, 0) is 38.1 Å². The smallest absolute Gasteiger partial charge is 0.224 e. The second-order valence-electron chi connectivity index (χ2n) is 3.86. The summed E-state index contributed by atoms with van der Waals surface area (Å²) in [5, 5.41) is 3.20. The van der Waals surface area contributed by atoms with E-state index in [1.54, 1.807) is 0 Å². The minimum Gasteiger partial charge on any atom is -0.399 e. The van der Waals surface area contributed by atoms with Gasteiger partial charge in [-0.25, -0.2) is 0 Å². The molecule has 1 aromatic rings. The Bertz CT molecular complexity index is 344. The zero-order valence-corrected chi connectivity index (χ0v) is 10.6. The van der Waals surface area contributed by atoms with E-state index in [0.29, 0.717) is 13.0 Å². The molecule has 0 aliphatic carbocycles. The molecule has 0 radical (unpaired) electrons. The number of nitrogens with two attached hydrogens (primary N) is 1. The van der Waals surface area contributed by atoms with Crippen LogP contribution in [0.3, 0.4) is 0 Å². The second kappa shape index (κ2) is 6.78. The third-order valence-corrected chi connectivity index (χ3v) is 2.69. The second-order valence-corrected chi connectivity index (χ2v) is 3.86. The maximum absolute atomic E-state index is 11.7. The number of carbonyl (C=O) groups is 1. The lowest BCUT2D eigenvalue weighted by molar-refractivity contribution is -0.130. The number of hydrogen-bond acceptors (Lipinski definition) is 3. The number of anilines is 2. The minimum atomic E-state index is 0.193. The van der Waals surface area contributed by atoms with E-state index in [1.807, 2.05) is 43.0 Å². The Morgan fingerprint density at radius 3 is 2.35 bits per heavy atom. The van der Waals surface area contributed by atoms with Crippen molar-refractivity contribution in [1.29, 1.82) is 0 Å². The Balaban J connectivity index is 2.32. The maximum Gasteiger partial charge on any atom is 0.224 e. The van der Waals surface area contributed by atoms with Crippen molar-refractivity contribution in [1.82, 2.24) is 4.90 Å². The summed E-state index contributed by atoms with van der Waals surface area (Å²) in [5.41, 5.74) is 7.33. The molecule has 0 bridgehead atoms. The number of nitrogens with one attached hydrogen (secondary N) is 1. The first-order valence-corrected chi connectivity index (χ1v) is 6.04. The van der Waals surface area contributed by atoms with Crippen LogP contribution in [0.1, 0.15) is 20.3 Å². The fourth-order valence-electron chi connectivity index (χ4n) is 1.65. The van der Waals surface area contributed by atoms with Crippen LogP contribution in [0.5, 0.6) is 0 Å². The van der Waals surface area contributed by atoms with Crippen molar-refractivity contribution in [2.24, 2.45) is 0 Å². The number of carbonyl (C=O) groups excluding carboxylic acids is 1. The molecule has 0 aromatic heterocycles. The van der Waals surface area contributed by atoms with Crippen molar-refractivity contribution >= 4 is 17.3 Å². The number of nitrogens with zero attached hydrogens (tertiary/aromatic N) is 1. The Labute approximate surface area is 103 Å². The predicted octanol–water partition coefficient (Wildman–Crippen LogP) is 1.94. The van der Waals surface area contributed by atoms with Crippen molar-refractivity contribution < 1.29 is 4.79 Å². The topological polar surface area (TPSA) is 58.4 Å². The SMILES string of the molecule is CCN(CC)C(=O)CCNc1ccc(N)cc1. The molecule has 0 fully saturated rings. The quantitative estimate of drug-likeness (QED) is 0.741. The summed E-state index contributed by atoms with van der Waals surface area (Å²) in [7, 11) is 0. The van der Waals surface area contributed by atoms with Crippen LogP contribution in [0.25, 0.3) is 0 Å². The molecule has 0 heterocycles. The Morgan fingerprint density at radius 1 is 1.24 bits per heavy atom. The van der Waals surface area contributed by atoms with Gasteiger partial charge in [0.25, 0.3) is 0 Å². The van der Waals surface area contributed by atoms with Gasteiger partial charge in [0.1, 0.15) is 0 Å². The van der Waals surface area contributed by atoms with Crippen LogP contribution in [0, 0.1) is 0 Å². The van der Waals surface area contributed by atoms with Crippen LogP contribution < -0.4 is 11.1 Å². The molecule has 0 spiro atoms. The minimum absolute atomic E-state index is 0.193. The zero-order chi connectivity index (χ0) is 12.7. The van der Waals surface area contributed by atoms with Gasteiger partial charge in [-0.3, -0.25) is 4.79 Å². The van der Waals surface area contributed by atoms with Gasteiger partial charge in [-0.2, -0.15) is 0 Å². The average molecular weight is 235 g/mol. The van der Waals surface area contributed by atoms with E-state index < -0.39 is 0 Å². The Hall–Kier alpha value is -1.71. The molecule has 0 saturated heterocycles. The molecular weight excluding hydrogens is 214 g/mol. The third kappa shape index (κ3) is 4.34. The van der Waals surface area contributed by atoms with Crippen molar-refractivity contribution in [2.45, 2.75) is 20.3 Å². The summed E-state index contributed by atoms with van der Waals surface area (Å²) in [6.45, 7) is 6.19. The van der Waals surface area contributed by atoms with Crippen molar-refractivity contribution in [3.8, 4) is 0 Å². The average Bonchev–Trinajstić information content (AvgIpc) is 2.33. The van der Waals surface area contributed by atoms with Crippen molar-refractivity contribution in [3.63, 3.8) is 0 Å². The summed E-state index contributed by atoms with van der Waals surface area (Å²) in [6.07, 6.45) is 0.520. The standard InChI is InChI=1S/C13H21N3O/c1-3-16(4-2)13(17)9-10-15-12-7-5-11(14)6-8-12/h5-8,15H,3-4,9-10,14H2,1-2H3. The molecule has 94 valence electrons. The first-order valence-electron chi connectivity index (χ1n) is 6.04. The third-order valence-electron chi connectivity index (χ3n) is 2.69. The van der Waals surface area contributed by atoms with E-state index >= 15 is 0 Å². The summed E-state index contributed by atoms with van der Waals surface area (Å²) in [4.78, 5) is 13.6. The van der Waals surface area contributed by atoms with Gasteiger partial charge >= 0.3 is 0 Å². The summed E-state index contributed by atoms with van der Waals surface area (Å²) < 4.78 is 0. The van der Waals surface area contributed by atoms with E-state index in [1.165, 1.54) is 0 Å². The van der Waals surface area contributed by atoms with Gasteiger partial charge in [-0.15, -0.1) is 0 Å². The van der Waals surface area contributed by atoms with E-state index in [4.69, 9.17) is 5.73 Å². The molecule has 3 N–H and O–H groups in total. The van der Waals surface area contributed by atoms with E-state index in [-0.39, 0.29) is 5.91 Å². The molecule has 4 nitrogen and oxygen atoms in total. The maximum atomic E-state index is 11.7. The first kappa shape index (κ1) is 13.4. The van der Waals surface area contributed by atoms with Crippen molar-refractivity contribution in [3.05, 3.63) is 24.3 Å². The highest BCUT2D eigenvalue weighted by Gasteiger charge is 2.08. The van der Waals surface area contributed by atoms with Gasteiger partial charge in [0.05, 0.1) is 0 Å². The molecule has 0 aliphatic heterocycles. The lowest BCUT2D eigenvalue weighted by Gasteiger charge is -2.18. The summed E-state index contributed by atoms with van der Waals surface area (Å²) in [6, 6.07) is 7.51. The lowest BCUT2D eigenvalue weighted by atomic mass is 10.2. The molecule has 0 saturated carbocycles. The highest BCUT2D eigenvalue weighted by atomic mass is 16.2.